The van der Waals surface area contributed by atoms with Crippen molar-refractivity contribution in [2.75, 3.05) is 13.6 Å². The molecule has 2 N–H and O–H groups in total. The van der Waals surface area contributed by atoms with Crippen molar-refractivity contribution in [3.63, 3.8) is 0 Å². The summed E-state index contributed by atoms with van der Waals surface area (Å²) in [6.07, 6.45) is 11.5. The van der Waals surface area contributed by atoms with Gasteiger partial charge < -0.3 is 10.6 Å². The zero-order chi connectivity index (χ0) is 14.4. The molecule has 20 heavy (non-hydrogen) atoms. The van der Waals surface area contributed by atoms with Gasteiger partial charge in [-0.3, -0.25) is 9.48 Å². The van der Waals surface area contributed by atoms with Crippen molar-refractivity contribution >= 4 is 5.91 Å². The summed E-state index contributed by atoms with van der Waals surface area (Å²) in [6.45, 7) is 0.780. The average Bonchev–Trinajstić information content (AvgIpc) is 2.87. The van der Waals surface area contributed by atoms with Gasteiger partial charge in [-0.25, -0.2) is 0 Å². The second-order valence-corrected chi connectivity index (χ2v) is 5.75. The van der Waals surface area contributed by atoms with Gasteiger partial charge in [0.05, 0.1) is 6.20 Å². The highest BCUT2D eigenvalue weighted by molar-refractivity contribution is 5.82. The molecule has 0 radical (unpaired) electrons. The molecule has 5 heteroatoms. The summed E-state index contributed by atoms with van der Waals surface area (Å²) in [4.78, 5) is 12.2. The smallest absolute Gasteiger partial charge is 0.241 e. The van der Waals surface area contributed by atoms with Crippen molar-refractivity contribution in [2.24, 2.45) is 13.0 Å². The maximum absolute atomic E-state index is 12.2. The predicted molar refractivity (Wildman–Crippen MR) is 79.2 cm³/mol. The molecule has 2 rings (SSSR count). The number of likely N-dealkylation sites (N-methyl/N-ethyl adjacent to an activating group) is 1. The first-order valence-electron chi connectivity index (χ1n) is 7.64. The van der Waals surface area contributed by atoms with Crippen LogP contribution in [0.15, 0.2) is 12.4 Å². The number of carbonyl (C=O) groups excluding carboxylic acids is 1. The van der Waals surface area contributed by atoms with Gasteiger partial charge >= 0.3 is 0 Å². The molecule has 0 saturated heterocycles. The Morgan fingerprint density at radius 2 is 2.20 bits per heavy atom. The summed E-state index contributed by atoms with van der Waals surface area (Å²) in [7, 11) is 3.66. The molecule has 1 unspecified atom stereocenters. The van der Waals surface area contributed by atoms with Crippen molar-refractivity contribution in [3.8, 4) is 0 Å². The molecule has 0 aromatic carbocycles. The van der Waals surface area contributed by atoms with Crippen molar-refractivity contribution in [2.45, 2.75) is 44.6 Å². The van der Waals surface area contributed by atoms with Gasteiger partial charge in [0.15, 0.2) is 0 Å². The van der Waals surface area contributed by atoms with E-state index in [0.717, 1.165) is 24.4 Å². The Bertz CT molecular complexity index is 423. The van der Waals surface area contributed by atoms with Gasteiger partial charge in [0.2, 0.25) is 5.91 Å². The standard InChI is InChI=1S/C15H26N4O/c1-16-14(13-10-18-19(2)11-13)15(20)17-9-8-12-6-4-3-5-7-12/h10-12,14,16H,3-9H2,1-2H3,(H,17,20). The molecular weight excluding hydrogens is 252 g/mol. The number of hydrogen-bond donors (Lipinski definition) is 2. The van der Waals surface area contributed by atoms with Gasteiger partial charge in [0.25, 0.3) is 0 Å². The second-order valence-electron chi connectivity index (χ2n) is 5.75. The Hall–Kier alpha value is -1.36. The number of aryl methyl sites for hydroxylation is 1. The molecular formula is C15H26N4O. The van der Waals surface area contributed by atoms with Crippen LogP contribution in [-0.4, -0.2) is 29.3 Å². The van der Waals surface area contributed by atoms with Crippen LogP contribution in [0.1, 0.15) is 50.1 Å². The number of rotatable bonds is 6. The lowest BCUT2D eigenvalue weighted by molar-refractivity contribution is -0.123. The SMILES string of the molecule is CNC(C(=O)NCCC1CCCCC1)c1cnn(C)c1. The van der Waals surface area contributed by atoms with E-state index in [-0.39, 0.29) is 11.9 Å². The first kappa shape index (κ1) is 15.0. The number of aromatic nitrogens is 2. The summed E-state index contributed by atoms with van der Waals surface area (Å²) >= 11 is 0. The molecule has 0 spiro atoms. The first-order chi connectivity index (χ1) is 9.70. The topological polar surface area (TPSA) is 59.0 Å². The quantitative estimate of drug-likeness (QED) is 0.833. The summed E-state index contributed by atoms with van der Waals surface area (Å²) in [5.74, 6) is 0.840. The average molecular weight is 278 g/mol. The van der Waals surface area contributed by atoms with Crippen LogP contribution in [0.4, 0.5) is 0 Å². The van der Waals surface area contributed by atoms with E-state index in [1.54, 1.807) is 17.9 Å². The summed E-state index contributed by atoms with van der Waals surface area (Å²) < 4.78 is 1.72. The van der Waals surface area contributed by atoms with Gasteiger partial charge in [-0.15, -0.1) is 0 Å². The van der Waals surface area contributed by atoms with Gasteiger partial charge in [-0.05, 0) is 19.4 Å². The largest absolute Gasteiger partial charge is 0.354 e. The van der Waals surface area contributed by atoms with Crippen LogP contribution in [0, 0.1) is 5.92 Å². The number of nitrogens with one attached hydrogen (secondary N) is 2. The molecule has 1 fully saturated rings. The van der Waals surface area contributed by atoms with Crippen molar-refractivity contribution in [1.29, 1.82) is 0 Å². The monoisotopic (exact) mass is 278 g/mol. The molecule has 1 aromatic rings. The minimum Gasteiger partial charge on any atom is -0.354 e. The second kappa shape index (κ2) is 7.43. The predicted octanol–water partition coefficient (Wildman–Crippen LogP) is 1.77. The Morgan fingerprint density at radius 3 is 2.80 bits per heavy atom. The normalized spacial score (nSPS) is 17.9. The fraction of sp³-hybridized carbons (Fsp3) is 0.733. The Balaban J connectivity index is 1.77. The highest BCUT2D eigenvalue weighted by Crippen LogP contribution is 2.25. The lowest BCUT2D eigenvalue weighted by Gasteiger charge is -2.22. The molecule has 1 atom stereocenters. The number of hydrogen-bond acceptors (Lipinski definition) is 3. The van der Waals surface area contributed by atoms with Crippen LogP contribution in [0.5, 0.6) is 0 Å². The lowest BCUT2D eigenvalue weighted by Crippen LogP contribution is -2.36. The molecule has 1 amide bonds. The Morgan fingerprint density at radius 1 is 1.45 bits per heavy atom. The van der Waals surface area contributed by atoms with E-state index in [4.69, 9.17) is 0 Å². The van der Waals surface area contributed by atoms with E-state index in [1.807, 2.05) is 13.2 Å². The fourth-order valence-corrected chi connectivity index (χ4v) is 3.02. The number of amides is 1. The minimum atomic E-state index is -0.310. The van der Waals surface area contributed by atoms with E-state index in [1.165, 1.54) is 32.1 Å². The van der Waals surface area contributed by atoms with Gasteiger partial charge in [-0.1, -0.05) is 32.1 Å². The van der Waals surface area contributed by atoms with Crippen LogP contribution < -0.4 is 10.6 Å². The van der Waals surface area contributed by atoms with E-state index < -0.39 is 0 Å². The highest BCUT2D eigenvalue weighted by atomic mass is 16.2. The first-order valence-corrected chi connectivity index (χ1v) is 7.64. The molecule has 5 nitrogen and oxygen atoms in total. The maximum Gasteiger partial charge on any atom is 0.241 e. The number of nitrogens with zero attached hydrogens (tertiary/aromatic N) is 2. The summed E-state index contributed by atoms with van der Waals surface area (Å²) in [5, 5.41) is 10.2. The van der Waals surface area contributed by atoms with Gasteiger partial charge in [0, 0.05) is 25.4 Å². The van der Waals surface area contributed by atoms with Crippen LogP contribution in [0.25, 0.3) is 0 Å². The third-order valence-corrected chi connectivity index (χ3v) is 4.19. The highest BCUT2D eigenvalue weighted by Gasteiger charge is 2.20. The molecule has 1 aliphatic rings. The molecule has 1 aliphatic carbocycles. The molecule has 1 aromatic heterocycles. The van der Waals surface area contributed by atoms with E-state index in [2.05, 4.69) is 15.7 Å². The molecule has 0 aliphatic heterocycles. The zero-order valence-corrected chi connectivity index (χ0v) is 12.6. The van der Waals surface area contributed by atoms with Crippen molar-refractivity contribution < 1.29 is 4.79 Å². The lowest BCUT2D eigenvalue weighted by atomic mass is 9.87. The van der Waals surface area contributed by atoms with Crippen molar-refractivity contribution in [3.05, 3.63) is 18.0 Å². The van der Waals surface area contributed by atoms with Gasteiger partial charge in [-0.2, -0.15) is 5.10 Å². The van der Waals surface area contributed by atoms with Crippen LogP contribution in [0.2, 0.25) is 0 Å². The molecule has 112 valence electrons. The molecule has 0 bridgehead atoms. The third-order valence-electron chi connectivity index (χ3n) is 4.19. The van der Waals surface area contributed by atoms with E-state index in [9.17, 15) is 4.79 Å². The fourth-order valence-electron chi connectivity index (χ4n) is 3.02. The molecule has 1 saturated carbocycles. The third kappa shape index (κ3) is 4.07. The van der Waals surface area contributed by atoms with Crippen LogP contribution in [0.3, 0.4) is 0 Å². The zero-order valence-electron chi connectivity index (χ0n) is 12.6. The Labute approximate surface area is 121 Å². The van der Waals surface area contributed by atoms with E-state index in [0.29, 0.717) is 0 Å². The summed E-state index contributed by atoms with van der Waals surface area (Å²) in [6, 6.07) is -0.310. The minimum absolute atomic E-state index is 0.0382. The summed E-state index contributed by atoms with van der Waals surface area (Å²) in [5.41, 5.74) is 0.908. The number of carbonyl (C=O) groups is 1. The van der Waals surface area contributed by atoms with E-state index >= 15 is 0 Å². The maximum atomic E-state index is 12.2. The van der Waals surface area contributed by atoms with Crippen LogP contribution in [-0.2, 0) is 11.8 Å². The Kier molecular flexibility index (Phi) is 5.59. The molecule has 1 heterocycles. The van der Waals surface area contributed by atoms with Crippen molar-refractivity contribution in [1.82, 2.24) is 20.4 Å². The van der Waals surface area contributed by atoms with Crippen LogP contribution >= 0.6 is 0 Å². The van der Waals surface area contributed by atoms with Gasteiger partial charge in [0.1, 0.15) is 6.04 Å².